The molecular formula is C17H20BrClN2OS. The van der Waals surface area contributed by atoms with Gasteiger partial charge < -0.3 is 10.2 Å². The zero-order valence-corrected chi connectivity index (χ0v) is 16.0. The molecule has 4 heterocycles. The molecule has 3 saturated heterocycles. The van der Waals surface area contributed by atoms with Crippen molar-refractivity contribution in [2.45, 2.75) is 19.3 Å². The molecule has 3 nitrogen and oxygen atoms in total. The molecule has 3 aliphatic rings. The number of carbonyl (C=O) groups excluding carboxylic acids is 1. The summed E-state index contributed by atoms with van der Waals surface area (Å²) in [5.74, 6) is 1.48. The second-order valence-corrected chi connectivity index (χ2v) is 8.44. The molecule has 2 bridgehead atoms. The number of nitrogens with one attached hydrogen (secondary N) is 1. The van der Waals surface area contributed by atoms with Crippen LogP contribution in [0.2, 0.25) is 0 Å². The van der Waals surface area contributed by atoms with Gasteiger partial charge in [0.05, 0.1) is 5.00 Å². The van der Waals surface area contributed by atoms with Crippen LogP contribution in [0.5, 0.6) is 0 Å². The van der Waals surface area contributed by atoms with Gasteiger partial charge in [0.15, 0.2) is 0 Å². The fourth-order valence-electron chi connectivity index (χ4n) is 3.81. The highest BCUT2D eigenvalue weighted by Crippen LogP contribution is 2.35. The van der Waals surface area contributed by atoms with Crippen molar-refractivity contribution in [2.24, 2.45) is 11.8 Å². The Balaban J connectivity index is 0.00000156. The fourth-order valence-corrected chi connectivity index (χ4v) is 5.34. The molecule has 124 valence electrons. The maximum atomic E-state index is 12.4. The summed E-state index contributed by atoms with van der Waals surface area (Å²) < 4.78 is 2.28. The zero-order chi connectivity index (χ0) is 15.1. The van der Waals surface area contributed by atoms with Crippen molar-refractivity contribution in [3.63, 3.8) is 0 Å². The smallest absolute Gasteiger partial charge is 0.225 e. The van der Waals surface area contributed by atoms with Crippen LogP contribution in [0.1, 0.15) is 19.3 Å². The molecule has 1 aromatic carbocycles. The molecule has 1 N–H and O–H groups in total. The Hall–Kier alpha value is -0.620. The third-order valence-electron chi connectivity index (χ3n) is 4.98. The molecule has 3 fully saturated rings. The quantitative estimate of drug-likeness (QED) is 0.784. The molecule has 2 aromatic rings. The Morgan fingerprint density at radius 3 is 2.78 bits per heavy atom. The lowest BCUT2D eigenvalue weighted by Gasteiger charge is -2.44. The lowest BCUT2D eigenvalue weighted by atomic mass is 9.77. The van der Waals surface area contributed by atoms with Crippen molar-refractivity contribution in [1.82, 2.24) is 4.90 Å². The minimum atomic E-state index is 0. The second kappa shape index (κ2) is 7.09. The van der Waals surface area contributed by atoms with Crippen LogP contribution in [0.15, 0.2) is 28.7 Å². The zero-order valence-electron chi connectivity index (χ0n) is 12.8. The maximum Gasteiger partial charge on any atom is 0.225 e. The summed E-state index contributed by atoms with van der Waals surface area (Å²) in [6.07, 6.45) is 3.21. The first-order valence-corrected chi connectivity index (χ1v) is 9.49. The van der Waals surface area contributed by atoms with Crippen molar-refractivity contribution in [2.75, 3.05) is 25.0 Å². The van der Waals surface area contributed by atoms with Crippen molar-refractivity contribution in [3.8, 4) is 0 Å². The van der Waals surface area contributed by atoms with Gasteiger partial charge in [0.1, 0.15) is 0 Å². The van der Waals surface area contributed by atoms with Gasteiger partial charge in [0, 0.05) is 22.1 Å². The van der Waals surface area contributed by atoms with E-state index in [1.807, 2.05) is 6.07 Å². The molecule has 1 atom stereocenters. The summed E-state index contributed by atoms with van der Waals surface area (Å²) >= 11 is 5.14. The van der Waals surface area contributed by atoms with E-state index in [9.17, 15) is 4.79 Å². The molecule has 23 heavy (non-hydrogen) atoms. The topological polar surface area (TPSA) is 32.3 Å². The van der Waals surface area contributed by atoms with E-state index in [0.29, 0.717) is 12.3 Å². The van der Waals surface area contributed by atoms with Crippen molar-refractivity contribution >= 4 is 60.7 Å². The number of benzene rings is 1. The molecule has 0 radical (unpaired) electrons. The van der Waals surface area contributed by atoms with E-state index < -0.39 is 0 Å². The normalized spacial score (nSPS) is 26.0. The molecule has 1 aromatic heterocycles. The third kappa shape index (κ3) is 3.73. The lowest BCUT2D eigenvalue weighted by Crippen LogP contribution is -2.48. The number of fused-ring (bicyclic) bond motifs is 4. The summed E-state index contributed by atoms with van der Waals surface area (Å²) in [4.78, 5) is 14.9. The van der Waals surface area contributed by atoms with Crippen LogP contribution < -0.4 is 5.32 Å². The summed E-state index contributed by atoms with van der Waals surface area (Å²) in [5, 5.41) is 5.25. The van der Waals surface area contributed by atoms with Crippen molar-refractivity contribution in [3.05, 3.63) is 28.7 Å². The van der Waals surface area contributed by atoms with E-state index in [4.69, 9.17) is 0 Å². The van der Waals surface area contributed by atoms with Crippen LogP contribution in [0.3, 0.4) is 0 Å². The van der Waals surface area contributed by atoms with Gasteiger partial charge in [-0.25, -0.2) is 0 Å². The van der Waals surface area contributed by atoms with E-state index in [0.717, 1.165) is 21.9 Å². The number of rotatable bonds is 3. The first kappa shape index (κ1) is 17.2. The Kier molecular flexibility index (Phi) is 5.31. The molecule has 0 saturated carbocycles. The standard InChI is InChI=1S/C17H19BrN2OS.ClH/c18-14-2-1-12-8-17(22-15(12)9-14)19-16(21)7-13-10-20-5-3-11(13)4-6-20;/h1-2,8-9,11,13H,3-7,10H2,(H,19,21);1H. The van der Waals surface area contributed by atoms with Crippen molar-refractivity contribution in [1.29, 1.82) is 0 Å². The number of nitrogens with zero attached hydrogens (tertiary/aromatic N) is 1. The van der Waals surface area contributed by atoms with Crippen LogP contribution in [0, 0.1) is 11.8 Å². The van der Waals surface area contributed by atoms with Gasteiger partial charge in [-0.05, 0) is 61.4 Å². The minimum Gasteiger partial charge on any atom is -0.318 e. The number of thiophene rings is 1. The predicted molar refractivity (Wildman–Crippen MR) is 103 cm³/mol. The fraction of sp³-hybridized carbons (Fsp3) is 0.471. The van der Waals surface area contributed by atoms with Gasteiger partial charge >= 0.3 is 0 Å². The second-order valence-electron chi connectivity index (χ2n) is 6.44. The Bertz CT molecular complexity index is 712. The molecule has 3 aliphatic heterocycles. The molecule has 1 unspecified atom stereocenters. The average Bonchev–Trinajstić information content (AvgIpc) is 2.89. The Morgan fingerprint density at radius 1 is 1.30 bits per heavy atom. The summed E-state index contributed by atoms with van der Waals surface area (Å²) in [6, 6.07) is 8.29. The lowest BCUT2D eigenvalue weighted by molar-refractivity contribution is -0.118. The minimum absolute atomic E-state index is 0. The monoisotopic (exact) mass is 414 g/mol. The van der Waals surface area contributed by atoms with Crippen LogP contribution in [-0.4, -0.2) is 30.4 Å². The molecule has 5 rings (SSSR count). The molecule has 0 aliphatic carbocycles. The number of anilines is 1. The Labute approximate surface area is 155 Å². The average molecular weight is 416 g/mol. The number of hydrogen-bond acceptors (Lipinski definition) is 3. The number of carbonyl (C=O) groups is 1. The van der Waals surface area contributed by atoms with E-state index >= 15 is 0 Å². The predicted octanol–water partition coefficient (Wildman–Crippen LogP) is 4.76. The van der Waals surface area contributed by atoms with Gasteiger partial charge in [-0.1, -0.05) is 22.0 Å². The summed E-state index contributed by atoms with van der Waals surface area (Å²) in [7, 11) is 0. The summed E-state index contributed by atoms with van der Waals surface area (Å²) in [5.41, 5.74) is 0. The van der Waals surface area contributed by atoms with Gasteiger partial charge in [-0.3, -0.25) is 4.79 Å². The van der Waals surface area contributed by atoms with Crippen LogP contribution in [0.25, 0.3) is 10.1 Å². The highest BCUT2D eigenvalue weighted by molar-refractivity contribution is 9.10. The van der Waals surface area contributed by atoms with Crippen LogP contribution in [-0.2, 0) is 4.79 Å². The SMILES string of the molecule is Cl.O=C(CC1CN2CCC1CC2)Nc1cc2ccc(Br)cc2s1. The first-order valence-electron chi connectivity index (χ1n) is 7.89. The number of halogens is 2. The van der Waals surface area contributed by atoms with Crippen molar-refractivity contribution < 1.29 is 4.79 Å². The van der Waals surface area contributed by atoms with E-state index in [2.05, 4.69) is 44.3 Å². The van der Waals surface area contributed by atoms with Crippen LogP contribution in [0.4, 0.5) is 5.00 Å². The molecule has 0 spiro atoms. The Morgan fingerprint density at radius 2 is 2.09 bits per heavy atom. The van der Waals surface area contributed by atoms with E-state index in [-0.39, 0.29) is 18.3 Å². The largest absolute Gasteiger partial charge is 0.318 e. The first-order chi connectivity index (χ1) is 10.7. The molecular weight excluding hydrogens is 396 g/mol. The van der Waals surface area contributed by atoms with Gasteiger partial charge in [0.2, 0.25) is 5.91 Å². The van der Waals surface area contributed by atoms with E-state index in [1.54, 1.807) is 11.3 Å². The van der Waals surface area contributed by atoms with Crippen LogP contribution >= 0.6 is 39.7 Å². The molecule has 1 amide bonds. The maximum absolute atomic E-state index is 12.4. The van der Waals surface area contributed by atoms with Gasteiger partial charge in [-0.2, -0.15) is 0 Å². The number of hydrogen-bond donors (Lipinski definition) is 1. The third-order valence-corrected chi connectivity index (χ3v) is 6.49. The number of piperidine rings is 3. The highest BCUT2D eigenvalue weighted by Gasteiger charge is 2.35. The molecule has 6 heteroatoms. The number of amides is 1. The van der Waals surface area contributed by atoms with Gasteiger partial charge in [0.25, 0.3) is 0 Å². The summed E-state index contributed by atoms with van der Waals surface area (Å²) in [6.45, 7) is 3.57. The van der Waals surface area contributed by atoms with E-state index in [1.165, 1.54) is 36.0 Å². The van der Waals surface area contributed by atoms with Gasteiger partial charge in [-0.15, -0.1) is 23.7 Å². The highest BCUT2D eigenvalue weighted by atomic mass is 79.9.